The quantitative estimate of drug-likeness (QED) is 0.397. The number of carbonyl (C=O) groups is 2. The molecule has 0 unspecified atom stereocenters. The molecular weight excluding hydrogens is 340 g/mol. The standard InChI is InChI=1S/C22H24N2O3/c25-20(12-2-1-3-13-21(26)24-27)23-22-18-10-6-4-8-16(18)14-15-17-9-5-7-11-19(17)22/h4-11,14-15,22,27H,1-3,12-13H2,(H,23,25)(H,24,26). The molecule has 2 aromatic carbocycles. The molecule has 0 radical (unpaired) electrons. The summed E-state index contributed by atoms with van der Waals surface area (Å²) in [6.45, 7) is 0. The predicted octanol–water partition coefficient (Wildman–Crippen LogP) is 3.83. The molecule has 27 heavy (non-hydrogen) atoms. The fourth-order valence-electron chi connectivity index (χ4n) is 3.39. The maximum absolute atomic E-state index is 12.5. The van der Waals surface area contributed by atoms with Gasteiger partial charge in [0.15, 0.2) is 0 Å². The topological polar surface area (TPSA) is 78.4 Å². The van der Waals surface area contributed by atoms with Crippen LogP contribution in [0.25, 0.3) is 12.2 Å². The van der Waals surface area contributed by atoms with E-state index in [4.69, 9.17) is 5.21 Å². The van der Waals surface area contributed by atoms with Crippen LogP contribution in [0.4, 0.5) is 0 Å². The minimum absolute atomic E-state index is 0.00174. The van der Waals surface area contributed by atoms with Crippen molar-refractivity contribution in [1.82, 2.24) is 10.8 Å². The monoisotopic (exact) mass is 364 g/mol. The lowest BCUT2D eigenvalue weighted by atomic mass is 9.94. The Balaban J connectivity index is 1.66. The number of hydrogen-bond donors (Lipinski definition) is 3. The van der Waals surface area contributed by atoms with E-state index in [1.807, 2.05) is 24.3 Å². The van der Waals surface area contributed by atoms with E-state index in [1.165, 1.54) is 0 Å². The van der Waals surface area contributed by atoms with Crippen LogP contribution in [-0.4, -0.2) is 17.0 Å². The molecule has 0 fully saturated rings. The first-order chi connectivity index (χ1) is 13.2. The Bertz CT molecular complexity index is 795. The minimum Gasteiger partial charge on any atom is -0.345 e. The van der Waals surface area contributed by atoms with Gasteiger partial charge in [-0.15, -0.1) is 0 Å². The molecule has 5 nitrogen and oxygen atoms in total. The van der Waals surface area contributed by atoms with Gasteiger partial charge < -0.3 is 5.32 Å². The molecule has 0 bridgehead atoms. The van der Waals surface area contributed by atoms with Crippen molar-refractivity contribution in [2.75, 3.05) is 0 Å². The number of carbonyl (C=O) groups excluding carboxylic acids is 2. The Hall–Kier alpha value is -2.92. The highest BCUT2D eigenvalue weighted by Gasteiger charge is 2.22. The van der Waals surface area contributed by atoms with E-state index in [0.717, 1.165) is 28.7 Å². The highest BCUT2D eigenvalue weighted by atomic mass is 16.5. The zero-order chi connectivity index (χ0) is 19.1. The summed E-state index contributed by atoms with van der Waals surface area (Å²) in [6.07, 6.45) is 6.99. The average molecular weight is 364 g/mol. The second-order valence-electron chi connectivity index (χ2n) is 6.69. The molecular formula is C22H24N2O3. The second kappa shape index (κ2) is 9.14. The van der Waals surface area contributed by atoms with Gasteiger partial charge >= 0.3 is 0 Å². The lowest BCUT2D eigenvalue weighted by Gasteiger charge is -2.22. The van der Waals surface area contributed by atoms with Gasteiger partial charge in [-0.05, 0) is 35.1 Å². The molecule has 1 aliphatic carbocycles. The van der Waals surface area contributed by atoms with Crippen molar-refractivity contribution in [1.29, 1.82) is 0 Å². The molecule has 0 saturated heterocycles. The molecule has 3 rings (SSSR count). The Kier molecular flexibility index (Phi) is 6.39. The van der Waals surface area contributed by atoms with Gasteiger partial charge in [-0.1, -0.05) is 67.1 Å². The summed E-state index contributed by atoms with van der Waals surface area (Å²) >= 11 is 0. The molecule has 0 aliphatic heterocycles. The lowest BCUT2D eigenvalue weighted by Crippen LogP contribution is -2.29. The molecule has 0 aromatic heterocycles. The van der Waals surface area contributed by atoms with Crippen LogP contribution in [-0.2, 0) is 9.59 Å². The highest BCUT2D eigenvalue weighted by Crippen LogP contribution is 2.32. The van der Waals surface area contributed by atoms with E-state index in [-0.39, 0.29) is 18.4 Å². The second-order valence-corrected chi connectivity index (χ2v) is 6.69. The summed E-state index contributed by atoms with van der Waals surface area (Å²) in [4.78, 5) is 23.5. The molecule has 0 saturated carbocycles. The smallest absolute Gasteiger partial charge is 0.243 e. The van der Waals surface area contributed by atoms with E-state index in [9.17, 15) is 9.59 Å². The van der Waals surface area contributed by atoms with Crippen molar-refractivity contribution in [2.24, 2.45) is 0 Å². The van der Waals surface area contributed by atoms with Crippen molar-refractivity contribution in [2.45, 2.75) is 38.1 Å². The number of hydrogen-bond acceptors (Lipinski definition) is 3. The Morgan fingerprint density at radius 2 is 1.30 bits per heavy atom. The first-order valence-corrected chi connectivity index (χ1v) is 9.27. The van der Waals surface area contributed by atoms with Crippen molar-refractivity contribution in [3.63, 3.8) is 0 Å². The highest BCUT2D eigenvalue weighted by molar-refractivity contribution is 5.81. The van der Waals surface area contributed by atoms with Crippen LogP contribution in [0.3, 0.4) is 0 Å². The number of nitrogens with one attached hydrogen (secondary N) is 2. The van der Waals surface area contributed by atoms with Crippen molar-refractivity contribution in [3.8, 4) is 0 Å². The fraction of sp³-hybridized carbons (Fsp3) is 0.273. The zero-order valence-electron chi connectivity index (χ0n) is 15.2. The molecule has 0 atom stereocenters. The first kappa shape index (κ1) is 18.9. The van der Waals surface area contributed by atoms with E-state index < -0.39 is 5.91 Å². The van der Waals surface area contributed by atoms with Gasteiger partial charge in [0.2, 0.25) is 11.8 Å². The number of hydroxylamine groups is 1. The molecule has 2 amide bonds. The predicted molar refractivity (Wildman–Crippen MR) is 105 cm³/mol. The number of rotatable bonds is 7. The van der Waals surface area contributed by atoms with Gasteiger partial charge in [-0.3, -0.25) is 14.8 Å². The Morgan fingerprint density at radius 1 is 0.778 bits per heavy atom. The van der Waals surface area contributed by atoms with Crippen molar-refractivity contribution < 1.29 is 14.8 Å². The Labute approximate surface area is 159 Å². The van der Waals surface area contributed by atoms with Gasteiger partial charge in [0.05, 0.1) is 6.04 Å². The maximum Gasteiger partial charge on any atom is 0.243 e. The number of amides is 2. The van der Waals surface area contributed by atoms with E-state index in [0.29, 0.717) is 19.3 Å². The van der Waals surface area contributed by atoms with Crippen LogP contribution in [0.2, 0.25) is 0 Å². The van der Waals surface area contributed by atoms with Crippen LogP contribution in [0.1, 0.15) is 60.4 Å². The summed E-state index contributed by atoms with van der Waals surface area (Å²) in [5, 5.41) is 11.7. The lowest BCUT2D eigenvalue weighted by molar-refractivity contribution is -0.129. The largest absolute Gasteiger partial charge is 0.345 e. The molecule has 0 spiro atoms. The molecule has 2 aromatic rings. The fourth-order valence-corrected chi connectivity index (χ4v) is 3.39. The third-order valence-corrected chi connectivity index (χ3v) is 4.79. The van der Waals surface area contributed by atoms with Crippen LogP contribution in [0, 0.1) is 0 Å². The average Bonchev–Trinajstić information content (AvgIpc) is 2.85. The van der Waals surface area contributed by atoms with Gasteiger partial charge in [0.1, 0.15) is 0 Å². The van der Waals surface area contributed by atoms with Crippen molar-refractivity contribution >= 4 is 24.0 Å². The minimum atomic E-state index is -0.390. The van der Waals surface area contributed by atoms with Gasteiger partial charge in [0.25, 0.3) is 0 Å². The molecule has 1 aliphatic rings. The third-order valence-electron chi connectivity index (χ3n) is 4.79. The summed E-state index contributed by atoms with van der Waals surface area (Å²) in [6, 6.07) is 16.0. The molecule has 0 heterocycles. The van der Waals surface area contributed by atoms with E-state index >= 15 is 0 Å². The maximum atomic E-state index is 12.5. The normalized spacial score (nSPS) is 12.6. The summed E-state index contributed by atoms with van der Waals surface area (Å²) in [5.74, 6) is -0.392. The van der Waals surface area contributed by atoms with Crippen LogP contribution in [0.15, 0.2) is 48.5 Å². The molecule has 140 valence electrons. The Morgan fingerprint density at radius 3 is 1.85 bits per heavy atom. The third kappa shape index (κ3) is 4.83. The zero-order valence-corrected chi connectivity index (χ0v) is 15.2. The van der Waals surface area contributed by atoms with Crippen molar-refractivity contribution in [3.05, 3.63) is 70.8 Å². The van der Waals surface area contributed by atoms with Crippen LogP contribution in [0.5, 0.6) is 0 Å². The summed E-state index contributed by atoms with van der Waals surface area (Å²) in [5.41, 5.74) is 6.01. The van der Waals surface area contributed by atoms with Gasteiger partial charge in [0, 0.05) is 12.8 Å². The van der Waals surface area contributed by atoms with E-state index in [2.05, 4.69) is 41.7 Å². The van der Waals surface area contributed by atoms with Gasteiger partial charge in [-0.25, -0.2) is 5.48 Å². The molecule has 3 N–H and O–H groups in total. The number of unbranched alkanes of at least 4 members (excludes halogenated alkanes) is 2. The van der Waals surface area contributed by atoms with Crippen LogP contribution < -0.4 is 10.8 Å². The number of fused-ring (bicyclic) bond motifs is 2. The summed E-state index contributed by atoms with van der Waals surface area (Å²) < 4.78 is 0. The van der Waals surface area contributed by atoms with Gasteiger partial charge in [-0.2, -0.15) is 0 Å². The molecule has 5 heteroatoms. The summed E-state index contributed by atoms with van der Waals surface area (Å²) in [7, 11) is 0. The van der Waals surface area contributed by atoms with Crippen LogP contribution >= 0.6 is 0 Å². The van der Waals surface area contributed by atoms with E-state index in [1.54, 1.807) is 5.48 Å². The first-order valence-electron chi connectivity index (χ1n) is 9.27. The number of benzene rings is 2. The SMILES string of the molecule is O=C(CCCCCC(=O)NC1c2ccccc2C=Cc2ccccc21)NO.